The Balaban J connectivity index is 2.05. The zero-order valence-corrected chi connectivity index (χ0v) is 11.0. The molecule has 2 rings (SSSR count). The molecule has 78 valence electrons. The molecule has 0 fully saturated rings. The third-order valence-electron chi connectivity index (χ3n) is 1.92. The van der Waals surface area contributed by atoms with Crippen LogP contribution >= 0.6 is 31.9 Å². The SMILES string of the molecule is Brc1cnc(CNn2cccc2)c(Br)c1. The van der Waals surface area contributed by atoms with Crippen LogP contribution in [-0.4, -0.2) is 9.66 Å². The zero-order chi connectivity index (χ0) is 10.7. The van der Waals surface area contributed by atoms with E-state index in [-0.39, 0.29) is 0 Å². The van der Waals surface area contributed by atoms with E-state index in [0.29, 0.717) is 6.54 Å². The fraction of sp³-hybridized carbons (Fsp3) is 0.100. The summed E-state index contributed by atoms with van der Waals surface area (Å²) in [7, 11) is 0. The molecular weight excluding hydrogens is 322 g/mol. The lowest BCUT2D eigenvalue weighted by Crippen LogP contribution is -2.13. The number of nitrogens with one attached hydrogen (secondary N) is 1. The molecule has 0 aliphatic carbocycles. The number of aromatic nitrogens is 2. The molecule has 15 heavy (non-hydrogen) atoms. The zero-order valence-electron chi connectivity index (χ0n) is 7.82. The highest BCUT2D eigenvalue weighted by atomic mass is 79.9. The van der Waals surface area contributed by atoms with Crippen molar-refractivity contribution in [2.75, 3.05) is 5.43 Å². The van der Waals surface area contributed by atoms with Gasteiger partial charge in [-0.1, -0.05) is 0 Å². The van der Waals surface area contributed by atoms with Gasteiger partial charge in [0.1, 0.15) is 0 Å². The van der Waals surface area contributed by atoms with Crippen LogP contribution < -0.4 is 5.43 Å². The topological polar surface area (TPSA) is 29.9 Å². The van der Waals surface area contributed by atoms with Crippen molar-refractivity contribution in [3.63, 3.8) is 0 Å². The summed E-state index contributed by atoms with van der Waals surface area (Å²) in [6.07, 6.45) is 5.69. The van der Waals surface area contributed by atoms with Gasteiger partial charge in [0, 0.05) is 27.5 Å². The summed E-state index contributed by atoms with van der Waals surface area (Å²) in [6.45, 7) is 0.683. The van der Waals surface area contributed by atoms with Crippen LogP contribution in [0.3, 0.4) is 0 Å². The molecule has 3 nitrogen and oxygen atoms in total. The lowest BCUT2D eigenvalue weighted by atomic mass is 10.3. The van der Waals surface area contributed by atoms with Crippen molar-refractivity contribution < 1.29 is 0 Å². The Morgan fingerprint density at radius 2 is 2.00 bits per heavy atom. The Bertz CT molecular complexity index is 440. The van der Waals surface area contributed by atoms with E-state index in [1.165, 1.54) is 0 Å². The molecule has 5 heteroatoms. The maximum atomic E-state index is 4.31. The first-order valence-electron chi connectivity index (χ1n) is 4.42. The van der Waals surface area contributed by atoms with Gasteiger partial charge in [-0.3, -0.25) is 9.66 Å². The molecule has 0 aliphatic rings. The van der Waals surface area contributed by atoms with E-state index in [9.17, 15) is 0 Å². The molecular formula is C10H9Br2N3. The van der Waals surface area contributed by atoms with Gasteiger partial charge < -0.3 is 5.43 Å². The first-order valence-corrected chi connectivity index (χ1v) is 6.01. The molecule has 0 amide bonds. The number of hydrogen-bond acceptors (Lipinski definition) is 2. The van der Waals surface area contributed by atoms with Crippen molar-refractivity contribution in [2.24, 2.45) is 0 Å². The molecule has 1 N–H and O–H groups in total. The minimum Gasteiger partial charge on any atom is -0.320 e. The second kappa shape index (κ2) is 4.81. The molecule has 0 saturated heterocycles. The highest BCUT2D eigenvalue weighted by Gasteiger charge is 2.01. The monoisotopic (exact) mass is 329 g/mol. The molecule has 0 unspecified atom stereocenters. The predicted molar refractivity (Wildman–Crippen MR) is 67.1 cm³/mol. The summed E-state index contributed by atoms with van der Waals surface area (Å²) in [5, 5.41) is 0. The van der Waals surface area contributed by atoms with Crippen molar-refractivity contribution >= 4 is 31.9 Å². The average molecular weight is 331 g/mol. The molecule has 0 radical (unpaired) electrons. The first kappa shape index (κ1) is 10.7. The van der Waals surface area contributed by atoms with Gasteiger partial charge in [0.2, 0.25) is 0 Å². The fourth-order valence-corrected chi connectivity index (χ4v) is 2.31. The molecule has 2 heterocycles. The van der Waals surface area contributed by atoms with E-state index in [2.05, 4.69) is 42.3 Å². The molecule has 0 aliphatic heterocycles. The van der Waals surface area contributed by atoms with E-state index in [1.54, 1.807) is 6.20 Å². The van der Waals surface area contributed by atoms with E-state index in [4.69, 9.17) is 0 Å². The number of rotatable bonds is 3. The minimum absolute atomic E-state index is 0.683. The van der Waals surface area contributed by atoms with Crippen LogP contribution in [0.4, 0.5) is 0 Å². The maximum Gasteiger partial charge on any atom is 0.0753 e. The summed E-state index contributed by atoms with van der Waals surface area (Å²) >= 11 is 6.84. The summed E-state index contributed by atoms with van der Waals surface area (Å²) in [6, 6.07) is 5.92. The van der Waals surface area contributed by atoms with Gasteiger partial charge in [0.15, 0.2) is 0 Å². The number of nitrogens with zero attached hydrogens (tertiary/aromatic N) is 2. The number of hydrogen-bond donors (Lipinski definition) is 1. The van der Waals surface area contributed by atoms with Gasteiger partial charge >= 0.3 is 0 Å². The van der Waals surface area contributed by atoms with Crippen LogP contribution in [0.1, 0.15) is 5.69 Å². The second-order valence-corrected chi connectivity index (χ2v) is 4.78. The smallest absolute Gasteiger partial charge is 0.0753 e. The molecule has 2 aromatic rings. The highest BCUT2D eigenvalue weighted by Crippen LogP contribution is 2.19. The van der Waals surface area contributed by atoms with Crippen LogP contribution in [-0.2, 0) is 6.54 Å². The van der Waals surface area contributed by atoms with Crippen molar-refractivity contribution in [3.8, 4) is 0 Å². The van der Waals surface area contributed by atoms with Gasteiger partial charge in [0.25, 0.3) is 0 Å². The third kappa shape index (κ3) is 2.82. The van der Waals surface area contributed by atoms with E-state index in [0.717, 1.165) is 14.6 Å². The quantitative estimate of drug-likeness (QED) is 0.936. The second-order valence-electron chi connectivity index (χ2n) is 3.01. The maximum absolute atomic E-state index is 4.31. The average Bonchev–Trinajstić information content (AvgIpc) is 2.69. The fourth-order valence-electron chi connectivity index (χ4n) is 1.18. The van der Waals surface area contributed by atoms with Crippen LogP contribution in [0.25, 0.3) is 0 Å². The van der Waals surface area contributed by atoms with Crippen LogP contribution in [0.2, 0.25) is 0 Å². The molecule has 0 saturated carbocycles. The van der Waals surface area contributed by atoms with Crippen LogP contribution in [0.5, 0.6) is 0 Å². The Labute approximate surface area is 105 Å². The number of pyridine rings is 1. The van der Waals surface area contributed by atoms with E-state index >= 15 is 0 Å². The predicted octanol–water partition coefficient (Wildman–Crippen LogP) is 3.15. The van der Waals surface area contributed by atoms with Gasteiger partial charge in [-0.25, -0.2) is 0 Å². The lowest BCUT2D eigenvalue weighted by molar-refractivity contribution is 0.825. The largest absolute Gasteiger partial charge is 0.320 e. The Kier molecular flexibility index (Phi) is 3.43. The molecule has 0 spiro atoms. The van der Waals surface area contributed by atoms with Crippen molar-refractivity contribution in [2.45, 2.75) is 6.54 Å². The summed E-state index contributed by atoms with van der Waals surface area (Å²) < 4.78 is 3.87. The molecule has 0 atom stereocenters. The van der Waals surface area contributed by atoms with Gasteiger partial charge in [-0.05, 0) is 50.1 Å². The lowest BCUT2D eigenvalue weighted by Gasteiger charge is -2.08. The Hall–Kier alpha value is -0.810. The molecule has 2 aromatic heterocycles. The Morgan fingerprint density at radius 3 is 2.67 bits per heavy atom. The minimum atomic E-state index is 0.683. The van der Waals surface area contributed by atoms with Gasteiger partial charge in [-0.2, -0.15) is 0 Å². The first-order chi connectivity index (χ1) is 7.25. The normalized spacial score (nSPS) is 10.3. The highest BCUT2D eigenvalue weighted by molar-refractivity contribution is 9.11. The van der Waals surface area contributed by atoms with Crippen molar-refractivity contribution in [1.29, 1.82) is 0 Å². The van der Waals surface area contributed by atoms with Gasteiger partial charge in [0.05, 0.1) is 12.2 Å². The van der Waals surface area contributed by atoms with Crippen LogP contribution in [0.15, 0.2) is 45.7 Å². The van der Waals surface area contributed by atoms with Gasteiger partial charge in [-0.15, -0.1) is 0 Å². The molecule has 0 aromatic carbocycles. The summed E-state index contributed by atoms with van der Waals surface area (Å²) in [5.74, 6) is 0. The third-order valence-corrected chi connectivity index (χ3v) is 3.04. The van der Waals surface area contributed by atoms with E-state index < -0.39 is 0 Å². The standard InChI is InChI=1S/C10H9Br2N3/c11-8-5-9(12)10(13-6-8)7-14-15-3-1-2-4-15/h1-6,14H,7H2. The number of halogens is 2. The van der Waals surface area contributed by atoms with E-state index in [1.807, 2.05) is 35.3 Å². The van der Waals surface area contributed by atoms with Crippen molar-refractivity contribution in [3.05, 3.63) is 51.4 Å². The summed E-state index contributed by atoms with van der Waals surface area (Å²) in [4.78, 5) is 4.31. The Morgan fingerprint density at radius 1 is 1.27 bits per heavy atom. The molecule has 0 bridgehead atoms. The van der Waals surface area contributed by atoms with Crippen LogP contribution in [0, 0.1) is 0 Å². The summed E-state index contributed by atoms with van der Waals surface area (Å²) in [5.41, 5.74) is 4.19. The van der Waals surface area contributed by atoms with Crippen molar-refractivity contribution in [1.82, 2.24) is 9.66 Å².